The van der Waals surface area contributed by atoms with Crippen molar-refractivity contribution in [3.8, 4) is 0 Å². The van der Waals surface area contributed by atoms with Gasteiger partial charge in [0.1, 0.15) is 0 Å². The van der Waals surface area contributed by atoms with Crippen molar-refractivity contribution in [1.29, 1.82) is 0 Å². The van der Waals surface area contributed by atoms with E-state index in [2.05, 4.69) is 6.92 Å². The number of hydrogen-bond acceptors (Lipinski definition) is 3. The molecule has 0 bridgehead atoms. The average molecular weight is 307 g/mol. The van der Waals surface area contributed by atoms with Crippen LogP contribution in [-0.4, -0.2) is 60.6 Å². The monoisotopic (exact) mass is 307 g/mol. The Morgan fingerprint density at radius 2 is 1.81 bits per heavy atom. The lowest BCUT2D eigenvalue weighted by Crippen LogP contribution is -2.53. The van der Waals surface area contributed by atoms with Crippen LogP contribution >= 0.6 is 0 Å². The van der Waals surface area contributed by atoms with Gasteiger partial charge in [0, 0.05) is 38.1 Å². The number of amides is 1. The van der Waals surface area contributed by atoms with Crippen molar-refractivity contribution in [2.24, 2.45) is 17.6 Å². The Morgan fingerprint density at radius 3 is 2.33 bits per heavy atom. The van der Waals surface area contributed by atoms with Crippen molar-refractivity contribution in [1.82, 2.24) is 9.80 Å². The third kappa shape index (κ3) is 4.57. The third-order valence-corrected chi connectivity index (χ3v) is 4.69. The number of rotatable bonds is 2. The lowest BCUT2D eigenvalue weighted by Gasteiger charge is -2.39. The maximum atomic E-state index is 12.4. The normalized spacial score (nSPS) is 32.2. The molecule has 21 heavy (non-hydrogen) atoms. The molecular weight excluding hydrogens is 283 g/mol. The van der Waals surface area contributed by atoms with E-state index < -0.39 is 12.7 Å². The number of nitrogens with two attached hydrogens (primary N) is 1. The molecule has 1 aliphatic carbocycles. The van der Waals surface area contributed by atoms with Crippen molar-refractivity contribution >= 4 is 5.91 Å². The standard InChI is InChI=1S/C14H24F3N3O/c1-10-2-3-11(8-12(10)18)13(21)20-6-4-19(5-7-20)9-14(15,16)17/h10-12H,2-9,18H2,1H3. The van der Waals surface area contributed by atoms with E-state index in [9.17, 15) is 18.0 Å². The summed E-state index contributed by atoms with van der Waals surface area (Å²) in [6, 6.07) is 0.0548. The minimum Gasteiger partial charge on any atom is -0.340 e. The number of nitrogens with zero attached hydrogens (tertiary/aromatic N) is 2. The van der Waals surface area contributed by atoms with E-state index in [-0.39, 0.29) is 17.9 Å². The first-order valence-corrected chi connectivity index (χ1v) is 7.60. The molecule has 0 aromatic heterocycles. The fraction of sp³-hybridized carbons (Fsp3) is 0.929. The number of halogens is 3. The van der Waals surface area contributed by atoms with Crippen LogP contribution in [0.25, 0.3) is 0 Å². The fourth-order valence-electron chi connectivity index (χ4n) is 3.22. The van der Waals surface area contributed by atoms with E-state index in [1.165, 1.54) is 4.90 Å². The van der Waals surface area contributed by atoms with Crippen LogP contribution in [0.3, 0.4) is 0 Å². The molecule has 1 saturated carbocycles. The van der Waals surface area contributed by atoms with Crippen LogP contribution in [-0.2, 0) is 4.79 Å². The summed E-state index contributed by atoms with van der Waals surface area (Å²) in [5.74, 6) is 0.465. The quantitative estimate of drug-likeness (QED) is 0.840. The molecule has 2 aliphatic rings. The molecule has 1 saturated heterocycles. The summed E-state index contributed by atoms with van der Waals surface area (Å²) in [5, 5.41) is 0. The van der Waals surface area contributed by atoms with Gasteiger partial charge in [-0.05, 0) is 25.2 Å². The Kier molecular flexibility index (Phi) is 5.14. The van der Waals surface area contributed by atoms with E-state index in [4.69, 9.17) is 5.73 Å². The van der Waals surface area contributed by atoms with Gasteiger partial charge in [0.15, 0.2) is 0 Å². The van der Waals surface area contributed by atoms with E-state index >= 15 is 0 Å². The first-order chi connectivity index (χ1) is 9.76. The molecule has 2 rings (SSSR count). The van der Waals surface area contributed by atoms with E-state index in [1.807, 2.05) is 0 Å². The fourth-order valence-corrected chi connectivity index (χ4v) is 3.22. The summed E-state index contributed by atoms with van der Waals surface area (Å²) >= 11 is 0. The maximum Gasteiger partial charge on any atom is 0.401 e. The van der Waals surface area contributed by atoms with Crippen LogP contribution in [0.4, 0.5) is 13.2 Å². The number of carbonyl (C=O) groups excluding carboxylic acids is 1. The van der Waals surface area contributed by atoms with Gasteiger partial charge in [-0.25, -0.2) is 0 Å². The van der Waals surface area contributed by atoms with Gasteiger partial charge < -0.3 is 10.6 Å². The molecule has 0 radical (unpaired) electrons. The summed E-state index contributed by atoms with van der Waals surface area (Å²) < 4.78 is 37.0. The molecule has 2 fully saturated rings. The van der Waals surface area contributed by atoms with Crippen LogP contribution in [0.1, 0.15) is 26.2 Å². The largest absolute Gasteiger partial charge is 0.401 e. The lowest BCUT2D eigenvalue weighted by atomic mass is 9.79. The zero-order valence-electron chi connectivity index (χ0n) is 12.4. The molecule has 7 heteroatoms. The number of alkyl halides is 3. The summed E-state index contributed by atoms with van der Waals surface area (Å²) in [6.45, 7) is 2.56. The van der Waals surface area contributed by atoms with E-state index in [0.717, 1.165) is 12.8 Å². The molecule has 3 atom stereocenters. The maximum absolute atomic E-state index is 12.4. The molecule has 3 unspecified atom stereocenters. The molecule has 0 spiro atoms. The first kappa shape index (κ1) is 16.5. The van der Waals surface area contributed by atoms with Crippen LogP contribution in [0, 0.1) is 11.8 Å². The molecule has 1 heterocycles. The van der Waals surface area contributed by atoms with Crippen LogP contribution < -0.4 is 5.73 Å². The van der Waals surface area contributed by atoms with E-state index in [0.29, 0.717) is 38.5 Å². The van der Waals surface area contributed by atoms with Crippen LogP contribution in [0.2, 0.25) is 0 Å². The summed E-state index contributed by atoms with van der Waals surface area (Å²) in [4.78, 5) is 15.5. The molecule has 0 aromatic carbocycles. The summed E-state index contributed by atoms with van der Waals surface area (Å²) in [6.07, 6.45) is -1.68. The molecule has 4 nitrogen and oxygen atoms in total. The molecule has 2 N–H and O–H groups in total. The zero-order chi connectivity index (χ0) is 15.6. The van der Waals surface area contributed by atoms with Gasteiger partial charge in [0.25, 0.3) is 0 Å². The summed E-state index contributed by atoms with van der Waals surface area (Å²) in [5.41, 5.74) is 6.02. The van der Waals surface area contributed by atoms with Gasteiger partial charge in [-0.1, -0.05) is 6.92 Å². The second-order valence-corrected chi connectivity index (χ2v) is 6.37. The van der Waals surface area contributed by atoms with Crippen LogP contribution in [0.5, 0.6) is 0 Å². The Bertz CT molecular complexity index is 367. The minimum absolute atomic E-state index is 0.0506. The number of hydrogen-bond donors (Lipinski definition) is 1. The van der Waals surface area contributed by atoms with Gasteiger partial charge in [-0.3, -0.25) is 9.69 Å². The molecule has 122 valence electrons. The second kappa shape index (κ2) is 6.52. The van der Waals surface area contributed by atoms with Crippen molar-refractivity contribution in [3.05, 3.63) is 0 Å². The highest BCUT2D eigenvalue weighted by Gasteiger charge is 2.35. The Balaban J connectivity index is 1.81. The Morgan fingerprint density at radius 1 is 1.19 bits per heavy atom. The first-order valence-electron chi connectivity index (χ1n) is 7.60. The SMILES string of the molecule is CC1CCC(C(=O)N2CCN(CC(F)(F)F)CC2)CC1N. The average Bonchev–Trinajstić information content (AvgIpc) is 2.40. The predicted octanol–water partition coefficient (Wildman–Crippen LogP) is 1.46. The van der Waals surface area contributed by atoms with Crippen molar-refractivity contribution in [3.63, 3.8) is 0 Å². The lowest BCUT2D eigenvalue weighted by molar-refractivity contribution is -0.153. The highest BCUT2D eigenvalue weighted by Crippen LogP contribution is 2.29. The van der Waals surface area contributed by atoms with Gasteiger partial charge in [0.05, 0.1) is 6.54 Å². The van der Waals surface area contributed by atoms with Gasteiger partial charge in [-0.15, -0.1) is 0 Å². The van der Waals surface area contributed by atoms with Crippen molar-refractivity contribution in [2.45, 2.75) is 38.4 Å². The van der Waals surface area contributed by atoms with Crippen LogP contribution in [0.15, 0.2) is 0 Å². The van der Waals surface area contributed by atoms with Gasteiger partial charge in [-0.2, -0.15) is 13.2 Å². The number of piperazine rings is 1. The van der Waals surface area contributed by atoms with Gasteiger partial charge in [0.2, 0.25) is 5.91 Å². The zero-order valence-corrected chi connectivity index (χ0v) is 12.4. The van der Waals surface area contributed by atoms with Crippen molar-refractivity contribution < 1.29 is 18.0 Å². The molecular formula is C14H24F3N3O. The molecule has 0 aromatic rings. The minimum atomic E-state index is -4.17. The third-order valence-electron chi connectivity index (χ3n) is 4.69. The second-order valence-electron chi connectivity index (χ2n) is 6.37. The van der Waals surface area contributed by atoms with E-state index in [1.54, 1.807) is 4.90 Å². The smallest absolute Gasteiger partial charge is 0.340 e. The molecule has 1 aliphatic heterocycles. The highest BCUT2D eigenvalue weighted by atomic mass is 19.4. The Hall–Kier alpha value is -0.820. The van der Waals surface area contributed by atoms with Gasteiger partial charge >= 0.3 is 6.18 Å². The van der Waals surface area contributed by atoms with Crippen molar-refractivity contribution in [2.75, 3.05) is 32.7 Å². The topological polar surface area (TPSA) is 49.6 Å². The number of carbonyl (C=O) groups is 1. The molecule has 1 amide bonds. The Labute approximate surface area is 123 Å². The summed E-state index contributed by atoms with van der Waals surface area (Å²) in [7, 11) is 0. The predicted molar refractivity (Wildman–Crippen MR) is 73.6 cm³/mol. The highest BCUT2D eigenvalue weighted by molar-refractivity contribution is 5.79.